The summed E-state index contributed by atoms with van der Waals surface area (Å²) < 4.78 is 42.1. The van der Waals surface area contributed by atoms with E-state index in [1.807, 2.05) is 6.92 Å². The van der Waals surface area contributed by atoms with Crippen LogP contribution >= 0.6 is 0 Å². The summed E-state index contributed by atoms with van der Waals surface area (Å²) in [5.41, 5.74) is 0.000544. The van der Waals surface area contributed by atoms with Gasteiger partial charge in [0.1, 0.15) is 0 Å². The molecule has 0 aliphatic heterocycles. The molecule has 1 nitrogen and oxygen atoms in total. The first-order valence-corrected chi connectivity index (χ1v) is 4.96. The van der Waals surface area contributed by atoms with E-state index in [0.29, 0.717) is 18.6 Å². The Kier molecular flexibility index (Phi) is 4.40. The second kappa shape index (κ2) is 5.58. The average molecular weight is 230 g/mol. The molecule has 1 aromatic carbocycles. The molecule has 88 valence electrons. The van der Waals surface area contributed by atoms with Crippen LogP contribution in [0.2, 0.25) is 0 Å². The summed E-state index contributed by atoms with van der Waals surface area (Å²) >= 11 is 0. The lowest BCUT2D eigenvalue weighted by atomic mass is 10.1. The van der Waals surface area contributed by atoms with Crippen molar-refractivity contribution in [3.8, 4) is 0 Å². The maximum absolute atomic E-state index is 12.4. The van der Waals surface area contributed by atoms with Crippen LogP contribution in [0.4, 0.5) is 13.2 Å². The van der Waals surface area contributed by atoms with Crippen molar-refractivity contribution in [1.29, 1.82) is 0 Å². The number of alkyl halides is 3. The molecule has 0 aliphatic carbocycles. The first-order valence-electron chi connectivity index (χ1n) is 4.96. The van der Waals surface area contributed by atoms with E-state index in [2.05, 4.69) is 0 Å². The third-order valence-electron chi connectivity index (χ3n) is 1.97. The molecule has 0 saturated heterocycles. The fraction of sp³-hybridized carbons (Fsp3) is 0.333. The highest BCUT2D eigenvalue weighted by atomic mass is 19.4. The second-order valence-electron chi connectivity index (χ2n) is 3.23. The van der Waals surface area contributed by atoms with Crippen LogP contribution in [-0.2, 0) is 17.3 Å². The molecule has 0 N–H and O–H groups in total. The highest BCUT2D eigenvalue weighted by molar-refractivity contribution is 5.26. The van der Waals surface area contributed by atoms with Crippen molar-refractivity contribution in [2.24, 2.45) is 0 Å². The zero-order chi connectivity index (χ0) is 12.0. The molecule has 0 aliphatic rings. The van der Waals surface area contributed by atoms with Gasteiger partial charge in [-0.15, -0.1) is 0 Å². The van der Waals surface area contributed by atoms with Gasteiger partial charge in [-0.05, 0) is 31.1 Å². The first kappa shape index (κ1) is 12.6. The Morgan fingerprint density at radius 1 is 1.31 bits per heavy atom. The third-order valence-corrected chi connectivity index (χ3v) is 1.97. The van der Waals surface area contributed by atoms with Crippen molar-refractivity contribution in [3.63, 3.8) is 0 Å². The molecule has 0 fully saturated rings. The van der Waals surface area contributed by atoms with E-state index in [1.54, 1.807) is 12.1 Å². The zero-order valence-electron chi connectivity index (χ0n) is 8.92. The van der Waals surface area contributed by atoms with E-state index < -0.39 is 11.7 Å². The van der Waals surface area contributed by atoms with Gasteiger partial charge < -0.3 is 4.74 Å². The van der Waals surface area contributed by atoms with Crippen LogP contribution < -0.4 is 0 Å². The van der Waals surface area contributed by atoms with Gasteiger partial charge in [0.25, 0.3) is 0 Å². The standard InChI is InChI=1S/C12H13F3O/c1-2-16-8-4-6-10-5-3-7-11(9-10)12(13,14)15/h3-5,7-9H,2,6H2,1H3. The van der Waals surface area contributed by atoms with Gasteiger partial charge in [-0.2, -0.15) is 13.2 Å². The molecule has 4 heteroatoms. The monoisotopic (exact) mass is 230 g/mol. The number of ether oxygens (including phenoxy) is 1. The smallest absolute Gasteiger partial charge is 0.416 e. The van der Waals surface area contributed by atoms with Crippen molar-refractivity contribution < 1.29 is 17.9 Å². The van der Waals surface area contributed by atoms with Crippen LogP contribution in [0.25, 0.3) is 0 Å². The van der Waals surface area contributed by atoms with E-state index in [0.717, 1.165) is 12.1 Å². The summed E-state index contributed by atoms with van der Waals surface area (Å²) in [6.07, 6.45) is -0.650. The van der Waals surface area contributed by atoms with Gasteiger partial charge >= 0.3 is 6.18 Å². The van der Waals surface area contributed by atoms with E-state index in [1.165, 1.54) is 12.3 Å². The number of hydrogen-bond acceptors (Lipinski definition) is 1. The molecule has 0 saturated carbocycles. The predicted octanol–water partition coefficient (Wildman–Crippen LogP) is 3.80. The molecule has 0 aromatic heterocycles. The molecule has 0 amide bonds. The quantitative estimate of drug-likeness (QED) is 0.715. The molecule has 16 heavy (non-hydrogen) atoms. The molecule has 0 heterocycles. The van der Waals surface area contributed by atoms with Crippen LogP contribution in [0.15, 0.2) is 36.6 Å². The minimum atomic E-state index is -4.28. The van der Waals surface area contributed by atoms with E-state index in [9.17, 15) is 13.2 Å². The van der Waals surface area contributed by atoms with Crippen molar-refractivity contribution in [3.05, 3.63) is 47.7 Å². The molecular formula is C12H13F3O. The summed E-state index contributed by atoms with van der Waals surface area (Å²) in [5, 5.41) is 0. The van der Waals surface area contributed by atoms with Crippen LogP contribution in [0.5, 0.6) is 0 Å². The van der Waals surface area contributed by atoms with E-state index in [-0.39, 0.29) is 0 Å². The Bertz CT molecular complexity index is 356. The summed E-state index contributed by atoms with van der Waals surface area (Å²) in [6.45, 7) is 2.40. The topological polar surface area (TPSA) is 9.23 Å². The first-order chi connectivity index (χ1) is 7.54. The Labute approximate surface area is 92.5 Å². The molecule has 0 radical (unpaired) electrons. The molecule has 1 aromatic rings. The van der Waals surface area contributed by atoms with Gasteiger partial charge in [-0.1, -0.05) is 18.2 Å². The molecule has 0 spiro atoms. The number of benzene rings is 1. The van der Waals surface area contributed by atoms with Crippen molar-refractivity contribution in [2.45, 2.75) is 19.5 Å². The fourth-order valence-corrected chi connectivity index (χ4v) is 1.22. The Balaban J connectivity index is 2.68. The van der Waals surface area contributed by atoms with Crippen LogP contribution in [0.3, 0.4) is 0 Å². The van der Waals surface area contributed by atoms with Crippen LogP contribution in [-0.4, -0.2) is 6.61 Å². The summed E-state index contributed by atoms with van der Waals surface area (Å²) in [7, 11) is 0. The number of allylic oxidation sites excluding steroid dienone is 1. The lowest BCUT2D eigenvalue weighted by molar-refractivity contribution is -0.137. The lowest BCUT2D eigenvalue weighted by Crippen LogP contribution is -2.04. The van der Waals surface area contributed by atoms with Crippen molar-refractivity contribution >= 4 is 0 Å². The number of rotatable bonds is 4. The SMILES string of the molecule is CCOC=CCc1cccc(C(F)(F)F)c1. The summed E-state index contributed by atoms with van der Waals surface area (Å²) in [4.78, 5) is 0. The zero-order valence-corrected chi connectivity index (χ0v) is 8.92. The van der Waals surface area contributed by atoms with Gasteiger partial charge in [-0.25, -0.2) is 0 Å². The van der Waals surface area contributed by atoms with Gasteiger partial charge in [0.2, 0.25) is 0 Å². The fourth-order valence-electron chi connectivity index (χ4n) is 1.22. The average Bonchev–Trinajstić information content (AvgIpc) is 2.24. The molecular weight excluding hydrogens is 217 g/mol. The van der Waals surface area contributed by atoms with Gasteiger partial charge in [-0.3, -0.25) is 0 Å². The largest absolute Gasteiger partial charge is 0.502 e. The number of hydrogen-bond donors (Lipinski definition) is 0. The molecule has 1 rings (SSSR count). The lowest BCUT2D eigenvalue weighted by Gasteiger charge is -2.07. The van der Waals surface area contributed by atoms with Crippen molar-refractivity contribution in [1.82, 2.24) is 0 Å². The second-order valence-corrected chi connectivity index (χ2v) is 3.23. The summed E-state index contributed by atoms with van der Waals surface area (Å²) in [5.74, 6) is 0. The highest BCUT2D eigenvalue weighted by Gasteiger charge is 2.30. The van der Waals surface area contributed by atoms with Crippen molar-refractivity contribution in [2.75, 3.05) is 6.61 Å². The van der Waals surface area contributed by atoms with Gasteiger partial charge in [0, 0.05) is 0 Å². The third kappa shape index (κ3) is 3.96. The summed E-state index contributed by atoms with van der Waals surface area (Å²) in [6, 6.07) is 5.28. The highest BCUT2D eigenvalue weighted by Crippen LogP contribution is 2.29. The van der Waals surface area contributed by atoms with Gasteiger partial charge in [0.15, 0.2) is 0 Å². The Morgan fingerprint density at radius 2 is 2.06 bits per heavy atom. The number of halogens is 3. The van der Waals surface area contributed by atoms with E-state index in [4.69, 9.17) is 4.74 Å². The normalized spacial score (nSPS) is 12.0. The van der Waals surface area contributed by atoms with Gasteiger partial charge in [0.05, 0.1) is 18.4 Å². The predicted molar refractivity (Wildman–Crippen MR) is 55.9 cm³/mol. The molecule has 0 bridgehead atoms. The Hall–Kier alpha value is -1.45. The maximum atomic E-state index is 12.4. The maximum Gasteiger partial charge on any atom is 0.416 e. The minimum Gasteiger partial charge on any atom is -0.502 e. The van der Waals surface area contributed by atoms with Crippen LogP contribution in [0, 0.1) is 0 Å². The van der Waals surface area contributed by atoms with E-state index >= 15 is 0 Å². The molecule has 0 unspecified atom stereocenters. The van der Waals surface area contributed by atoms with Crippen LogP contribution in [0.1, 0.15) is 18.1 Å². The minimum absolute atomic E-state index is 0.434. The Morgan fingerprint density at radius 3 is 2.69 bits per heavy atom. The molecule has 0 atom stereocenters.